The Morgan fingerprint density at radius 3 is 2.44 bits per heavy atom. The number of thiazole rings is 1. The zero-order valence-electron chi connectivity index (χ0n) is 9.89. The summed E-state index contributed by atoms with van der Waals surface area (Å²) in [5.41, 5.74) is -0.664. The maximum atomic E-state index is 12.9. The molecular weight excluding hydrogens is 261 g/mol. The van der Waals surface area contributed by atoms with Crippen molar-refractivity contribution in [1.82, 2.24) is 10.3 Å². The van der Waals surface area contributed by atoms with Gasteiger partial charge in [0.2, 0.25) is 0 Å². The first-order valence-corrected chi connectivity index (χ1v) is 7.16. The molecule has 0 radical (unpaired) electrons. The van der Waals surface area contributed by atoms with Gasteiger partial charge in [0.1, 0.15) is 0 Å². The zero-order chi connectivity index (χ0) is 12.8. The Morgan fingerprint density at radius 2 is 1.94 bits per heavy atom. The molecule has 1 aromatic heterocycles. The fraction of sp³-hybridized carbons (Fsp3) is 0.750. The van der Waals surface area contributed by atoms with Crippen LogP contribution in [0.25, 0.3) is 0 Å². The summed E-state index contributed by atoms with van der Waals surface area (Å²) < 4.78 is 38.7. The van der Waals surface area contributed by atoms with Gasteiger partial charge in [-0.25, -0.2) is 4.98 Å². The Hall–Kier alpha value is -0.620. The molecule has 0 aromatic carbocycles. The molecule has 0 aliphatic heterocycles. The lowest BCUT2D eigenvalue weighted by Gasteiger charge is -2.22. The van der Waals surface area contributed by atoms with E-state index in [0.717, 1.165) is 32.1 Å². The monoisotopic (exact) mass is 276 g/mol. The minimum Gasteiger partial charge on any atom is -0.309 e. The van der Waals surface area contributed by atoms with E-state index in [-0.39, 0.29) is 5.92 Å². The van der Waals surface area contributed by atoms with Crippen LogP contribution in [0.5, 0.6) is 0 Å². The van der Waals surface area contributed by atoms with E-state index >= 15 is 0 Å². The van der Waals surface area contributed by atoms with Crippen molar-refractivity contribution in [3.63, 3.8) is 0 Å². The number of rotatable bonds is 4. The fourth-order valence-corrected chi connectivity index (χ4v) is 3.27. The van der Waals surface area contributed by atoms with Crippen molar-refractivity contribution in [2.45, 2.75) is 56.8 Å². The molecule has 2 aliphatic rings. The highest BCUT2D eigenvalue weighted by molar-refractivity contribution is 7.11. The average molecular weight is 276 g/mol. The molecule has 0 unspecified atom stereocenters. The summed E-state index contributed by atoms with van der Waals surface area (Å²) in [4.78, 5) is 4.21. The van der Waals surface area contributed by atoms with Gasteiger partial charge in [-0.1, -0.05) is 6.42 Å². The van der Waals surface area contributed by atoms with E-state index in [1.165, 1.54) is 11.3 Å². The molecular formula is C12H15F3N2S. The van der Waals surface area contributed by atoms with Gasteiger partial charge in [0, 0.05) is 18.5 Å². The van der Waals surface area contributed by atoms with Gasteiger partial charge in [0.25, 0.3) is 0 Å². The summed E-state index contributed by atoms with van der Waals surface area (Å²) in [6.45, 7) is 0.309. The number of halogens is 3. The molecule has 2 aliphatic carbocycles. The van der Waals surface area contributed by atoms with Crippen LogP contribution < -0.4 is 5.32 Å². The van der Waals surface area contributed by atoms with Crippen molar-refractivity contribution in [1.29, 1.82) is 0 Å². The molecule has 3 rings (SSSR count). The molecule has 0 bridgehead atoms. The largest absolute Gasteiger partial charge is 0.434 e. The highest BCUT2D eigenvalue weighted by Gasteiger charge is 2.39. The molecule has 100 valence electrons. The topological polar surface area (TPSA) is 24.9 Å². The highest BCUT2D eigenvalue weighted by atomic mass is 32.1. The smallest absolute Gasteiger partial charge is 0.309 e. The van der Waals surface area contributed by atoms with Gasteiger partial charge in [-0.3, -0.25) is 0 Å². The lowest BCUT2D eigenvalue weighted by atomic mass is 9.86. The molecule has 1 N–H and O–H groups in total. The first-order chi connectivity index (χ1) is 8.54. The third-order valence-electron chi connectivity index (χ3n) is 3.57. The van der Waals surface area contributed by atoms with Gasteiger partial charge in [0.15, 0.2) is 5.69 Å². The molecule has 2 nitrogen and oxygen atoms in total. The predicted octanol–water partition coefficient (Wildman–Crippen LogP) is 3.68. The molecule has 0 spiro atoms. The normalized spacial score (nSPS) is 21.1. The third kappa shape index (κ3) is 2.54. The van der Waals surface area contributed by atoms with Crippen LogP contribution in [0.4, 0.5) is 13.2 Å². The summed E-state index contributed by atoms with van der Waals surface area (Å²) in [5.74, 6) is 0.269. The van der Waals surface area contributed by atoms with E-state index < -0.39 is 11.9 Å². The van der Waals surface area contributed by atoms with E-state index in [0.29, 0.717) is 22.5 Å². The SMILES string of the molecule is FC(F)(F)c1nc(C2CCC2)sc1CNC1CC1. The lowest BCUT2D eigenvalue weighted by molar-refractivity contribution is -0.141. The van der Waals surface area contributed by atoms with Crippen LogP contribution in [-0.2, 0) is 12.7 Å². The molecule has 1 heterocycles. The average Bonchev–Trinajstić information content (AvgIpc) is 2.93. The van der Waals surface area contributed by atoms with E-state index in [2.05, 4.69) is 10.3 Å². The molecule has 0 atom stereocenters. The number of nitrogens with zero attached hydrogens (tertiary/aromatic N) is 1. The Labute approximate surface area is 108 Å². The number of hydrogen-bond acceptors (Lipinski definition) is 3. The van der Waals surface area contributed by atoms with Gasteiger partial charge < -0.3 is 5.32 Å². The second-order valence-corrected chi connectivity index (χ2v) is 6.22. The van der Waals surface area contributed by atoms with Crippen molar-refractivity contribution in [2.75, 3.05) is 0 Å². The molecule has 0 amide bonds. The van der Waals surface area contributed by atoms with Crippen molar-refractivity contribution < 1.29 is 13.2 Å². The number of aromatic nitrogens is 1. The number of alkyl halides is 3. The third-order valence-corrected chi connectivity index (χ3v) is 4.78. The van der Waals surface area contributed by atoms with Crippen molar-refractivity contribution in [3.8, 4) is 0 Å². The predicted molar refractivity (Wildman–Crippen MR) is 63.6 cm³/mol. The van der Waals surface area contributed by atoms with Crippen LogP contribution in [0.3, 0.4) is 0 Å². The van der Waals surface area contributed by atoms with Gasteiger partial charge in [-0.2, -0.15) is 13.2 Å². The van der Waals surface area contributed by atoms with Crippen LogP contribution in [0, 0.1) is 0 Å². The first kappa shape index (κ1) is 12.4. The quantitative estimate of drug-likeness (QED) is 0.907. The lowest BCUT2D eigenvalue weighted by Crippen LogP contribution is -2.18. The molecule has 0 saturated heterocycles. The number of nitrogens with one attached hydrogen (secondary N) is 1. The van der Waals surface area contributed by atoms with E-state index in [4.69, 9.17) is 0 Å². The van der Waals surface area contributed by atoms with Gasteiger partial charge in [-0.05, 0) is 25.7 Å². The molecule has 2 fully saturated rings. The van der Waals surface area contributed by atoms with Crippen molar-refractivity contribution in [2.24, 2.45) is 0 Å². The Balaban J connectivity index is 1.80. The van der Waals surface area contributed by atoms with Crippen LogP contribution in [0.15, 0.2) is 0 Å². The van der Waals surface area contributed by atoms with Crippen LogP contribution >= 0.6 is 11.3 Å². The first-order valence-electron chi connectivity index (χ1n) is 6.34. The summed E-state index contributed by atoms with van der Waals surface area (Å²) in [5, 5.41) is 3.83. The summed E-state index contributed by atoms with van der Waals surface area (Å²) in [6.07, 6.45) is 0.923. The van der Waals surface area contributed by atoms with Crippen LogP contribution in [0.1, 0.15) is 53.6 Å². The highest BCUT2D eigenvalue weighted by Crippen LogP contribution is 2.42. The molecule has 1 aromatic rings. The van der Waals surface area contributed by atoms with Gasteiger partial charge >= 0.3 is 6.18 Å². The van der Waals surface area contributed by atoms with Gasteiger partial charge in [-0.15, -0.1) is 11.3 Å². The minimum atomic E-state index is -4.32. The Kier molecular flexibility index (Phi) is 3.10. The fourth-order valence-electron chi connectivity index (χ4n) is 2.07. The summed E-state index contributed by atoms with van der Waals surface area (Å²) in [7, 11) is 0. The molecule has 18 heavy (non-hydrogen) atoms. The minimum absolute atomic E-state index is 0.269. The van der Waals surface area contributed by atoms with E-state index in [9.17, 15) is 13.2 Å². The van der Waals surface area contributed by atoms with Crippen molar-refractivity contribution in [3.05, 3.63) is 15.6 Å². The second-order valence-electron chi connectivity index (χ2n) is 5.10. The van der Waals surface area contributed by atoms with Crippen molar-refractivity contribution >= 4 is 11.3 Å². The van der Waals surface area contributed by atoms with E-state index in [1.54, 1.807) is 0 Å². The van der Waals surface area contributed by atoms with Gasteiger partial charge in [0.05, 0.1) is 9.88 Å². The summed E-state index contributed by atoms with van der Waals surface area (Å²) in [6, 6.07) is 0.417. The molecule has 6 heteroatoms. The maximum Gasteiger partial charge on any atom is 0.434 e. The van der Waals surface area contributed by atoms with Crippen LogP contribution in [-0.4, -0.2) is 11.0 Å². The van der Waals surface area contributed by atoms with Crippen LogP contribution in [0.2, 0.25) is 0 Å². The molecule has 2 saturated carbocycles. The maximum absolute atomic E-state index is 12.9. The standard InChI is InChI=1S/C12H15F3N2S/c13-12(14,15)10-9(6-16-8-4-5-8)18-11(17-10)7-2-1-3-7/h7-8,16H,1-6H2. The Morgan fingerprint density at radius 1 is 1.22 bits per heavy atom. The second kappa shape index (κ2) is 4.49. The summed E-state index contributed by atoms with van der Waals surface area (Å²) >= 11 is 1.25. The Bertz CT molecular complexity index is 433. The van der Waals surface area contributed by atoms with E-state index in [1.807, 2.05) is 0 Å². The number of hydrogen-bond donors (Lipinski definition) is 1. The zero-order valence-corrected chi connectivity index (χ0v) is 10.7.